The SMILES string of the molecule is Oc1ccc(-c2ccsc2)cc1-c1nc(N[C@H]2CCNC2)c2ccccc2n1. The Balaban J connectivity index is 1.63. The molecule has 5 rings (SSSR count). The number of fused-ring (bicyclic) bond motifs is 1. The van der Waals surface area contributed by atoms with Gasteiger partial charge in [0.1, 0.15) is 11.6 Å². The molecule has 0 aliphatic carbocycles. The van der Waals surface area contributed by atoms with Crippen LogP contribution in [-0.4, -0.2) is 34.2 Å². The molecule has 4 aromatic rings. The zero-order valence-corrected chi connectivity index (χ0v) is 16.0. The summed E-state index contributed by atoms with van der Waals surface area (Å²) in [7, 11) is 0. The van der Waals surface area contributed by atoms with Gasteiger partial charge in [0, 0.05) is 18.0 Å². The van der Waals surface area contributed by atoms with Crippen LogP contribution in [0.25, 0.3) is 33.4 Å². The molecule has 2 aromatic carbocycles. The summed E-state index contributed by atoms with van der Waals surface area (Å²) in [4.78, 5) is 9.55. The van der Waals surface area contributed by atoms with Gasteiger partial charge in [0.25, 0.3) is 0 Å². The molecule has 2 aromatic heterocycles. The highest BCUT2D eigenvalue weighted by atomic mass is 32.1. The third-order valence-electron chi connectivity index (χ3n) is 5.10. The van der Waals surface area contributed by atoms with Crippen LogP contribution in [0.3, 0.4) is 0 Å². The van der Waals surface area contributed by atoms with E-state index in [0.29, 0.717) is 17.4 Å². The zero-order chi connectivity index (χ0) is 18.9. The second kappa shape index (κ2) is 7.22. The van der Waals surface area contributed by atoms with Crippen LogP contribution in [-0.2, 0) is 0 Å². The maximum Gasteiger partial charge on any atom is 0.165 e. The van der Waals surface area contributed by atoms with E-state index in [1.807, 2.05) is 41.8 Å². The average molecular weight is 388 g/mol. The molecular weight excluding hydrogens is 368 g/mol. The van der Waals surface area contributed by atoms with Crippen molar-refractivity contribution in [2.45, 2.75) is 12.5 Å². The van der Waals surface area contributed by atoms with Gasteiger partial charge in [-0.05, 0) is 65.2 Å². The first-order valence-electron chi connectivity index (χ1n) is 9.38. The molecule has 1 atom stereocenters. The highest BCUT2D eigenvalue weighted by Crippen LogP contribution is 2.34. The van der Waals surface area contributed by atoms with Gasteiger partial charge in [0.05, 0.1) is 11.1 Å². The van der Waals surface area contributed by atoms with Crippen molar-refractivity contribution < 1.29 is 5.11 Å². The fourth-order valence-corrected chi connectivity index (χ4v) is 4.27. The molecule has 1 aliphatic rings. The first-order chi connectivity index (χ1) is 13.8. The van der Waals surface area contributed by atoms with Crippen LogP contribution < -0.4 is 10.6 Å². The largest absolute Gasteiger partial charge is 0.507 e. The van der Waals surface area contributed by atoms with E-state index in [0.717, 1.165) is 47.4 Å². The van der Waals surface area contributed by atoms with E-state index in [-0.39, 0.29) is 5.75 Å². The van der Waals surface area contributed by atoms with Gasteiger partial charge in [0.15, 0.2) is 5.82 Å². The number of rotatable bonds is 4. The Hall–Kier alpha value is -2.96. The molecule has 0 amide bonds. The highest BCUT2D eigenvalue weighted by molar-refractivity contribution is 7.08. The van der Waals surface area contributed by atoms with Gasteiger partial charge in [-0.3, -0.25) is 0 Å². The van der Waals surface area contributed by atoms with Gasteiger partial charge in [-0.2, -0.15) is 11.3 Å². The summed E-state index contributed by atoms with van der Waals surface area (Å²) in [5.41, 5.74) is 3.67. The number of aromatic hydroxyl groups is 1. The van der Waals surface area contributed by atoms with Crippen molar-refractivity contribution in [1.82, 2.24) is 15.3 Å². The van der Waals surface area contributed by atoms with Crippen molar-refractivity contribution in [2.24, 2.45) is 0 Å². The summed E-state index contributed by atoms with van der Waals surface area (Å²) in [6.07, 6.45) is 1.06. The number of anilines is 1. The Kier molecular flexibility index (Phi) is 4.43. The molecular formula is C22H20N4OS. The molecule has 0 saturated carbocycles. The first-order valence-corrected chi connectivity index (χ1v) is 10.3. The maximum absolute atomic E-state index is 10.5. The third-order valence-corrected chi connectivity index (χ3v) is 5.78. The van der Waals surface area contributed by atoms with Crippen molar-refractivity contribution in [3.8, 4) is 28.3 Å². The standard InChI is InChI=1S/C22H20N4OS/c27-20-6-5-14(15-8-10-28-13-15)11-18(20)22-25-19-4-2-1-3-17(19)21(26-22)24-16-7-9-23-12-16/h1-6,8,10-11,13,16,23,27H,7,9,12H2,(H,24,25,26)/t16-/m0/s1. The molecule has 1 fully saturated rings. The molecule has 6 heteroatoms. The van der Waals surface area contributed by atoms with Crippen LogP contribution in [0.1, 0.15) is 6.42 Å². The maximum atomic E-state index is 10.5. The lowest BCUT2D eigenvalue weighted by Gasteiger charge is -2.16. The first kappa shape index (κ1) is 17.2. The van der Waals surface area contributed by atoms with Crippen molar-refractivity contribution in [1.29, 1.82) is 0 Å². The molecule has 140 valence electrons. The minimum absolute atomic E-state index is 0.183. The lowest BCUT2D eigenvalue weighted by Crippen LogP contribution is -2.23. The summed E-state index contributed by atoms with van der Waals surface area (Å²) in [5.74, 6) is 1.53. The lowest BCUT2D eigenvalue weighted by molar-refractivity contribution is 0.477. The normalized spacial score (nSPS) is 16.5. The van der Waals surface area contributed by atoms with E-state index < -0.39 is 0 Å². The van der Waals surface area contributed by atoms with Gasteiger partial charge in [-0.15, -0.1) is 0 Å². The smallest absolute Gasteiger partial charge is 0.165 e. The summed E-state index contributed by atoms with van der Waals surface area (Å²) >= 11 is 1.65. The van der Waals surface area contributed by atoms with Gasteiger partial charge < -0.3 is 15.7 Å². The quantitative estimate of drug-likeness (QED) is 0.480. The zero-order valence-electron chi connectivity index (χ0n) is 15.2. The minimum atomic E-state index is 0.183. The number of aromatic nitrogens is 2. The van der Waals surface area contributed by atoms with E-state index in [1.165, 1.54) is 0 Å². The molecule has 5 nitrogen and oxygen atoms in total. The number of phenols is 1. The van der Waals surface area contributed by atoms with Gasteiger partial charge in [-0.25, -0.2) is 9.97 Å². The fourth-order valence-electron chi connectivity index (χ4n) is 3.60. The Morgan fingerprint density at radius 3 is 2.82 bits per heavy atom. The van der Waals surface area contributed by atoms with Gasteiger partial charge in [-0.1, -0.05) is 18.2 Å². The minimum Gasteiger partial charge on any atom is -0.507 e. The molecule has 3 N–H and O–H groups in total. The molecule has 3 heterocycles. The highest BCUT2D eigenvalue weighted by Gasteiger charge is 2.18. The monoisotopic (exact) mass is 388 g/mol. The number of nitrogens with one attached hydrogen (secondary N) is 2. The number of hydrogen-bond acceptors (Lipinski definition) is 6. The van der Waals surface area contributed by atoms with Crippen molar-refractivity contribution in [3.63, 3.8) is 0 Å². The predicted octanol–water partition coefficient (Wildman–Crippen LogP) is 4.50. The van der Waals surface area contributed by atoms with E-state index >= 15 is 0 Å². The van der Waals surface area contributed by atoms with Gasteiger partial charge in [0.2, 0.25) is 0 Å². The molecule has 0 spiro atoms. The van der Waals surface area contributed by atoms with Crippen LogP contribution in [0, 0.1) is 0 Å². The Morgan fingerprint density at radius 1 is 1.07 bits per heavy atom. The molecule has 0 bridgehead atoms. The molecule has 0 unspecified atom stereocenters. The molecule has 1 saturated heterocycles. The average Bonchev–Trinajstić information content (AvgIpc) is 3.42. The van der Waals surface area contributed by atoms with Crippen LogP contribution in [0.5, 0.6) is 5.75 Å². The number of para-hydroxylation sites is 1. The number of benzene rings is 2. The van der Waals surface area contributed by atoms with E-state index in [2.05, 4.69) is 22.1 Å². The lowest BCUT2D eigenvalue weighted by atomic mass is 10.0. The third kappa shape index (κ3) is 3.21. The van der Waals surface area contributed by atoms with Crippen LogP contribution in [0.4, 0.5) is 5.82 Å². The molecule has 28 heavy (non-hydrogen) atoms. The van der Waals surface area contributed by atoms with Gasteiger partial charge >= 0.3 is 0 Å². The number of nitrogens with zero attached hydrogens (tertiary/aromatic N) is 2. The van der Waals surface area contributed by atoms with Crippen LogP contribution in [0.15, 0.2) is 59.3 Å². The van der Waals surface area contributed by atoms with E-state index in [1.54, 1.807) is 17.4 Å². The predicted molar refractivity (Wildman–Crippen MR) is 115 cm³/mol. The number of phenolic OH excluding ortho intramolecular Hbond substituents is 1. The summed E-state index contributed by atoms with van der Waals surface area (Å²) in [6.45, 7) is 1.93. The Labute approximate surface area is 167 Å². The van der Waals surface area contributed by atoms with Crippen LogP contribution in [0.2, 0.25) is 0 Å². The summed E-state index contributed by atoms with van der Waals surface area (Å²) in [6, 6.07) is 16.0. The van der Waals surface area contributed by atoms with E-state index in [4.69, 9.17) is 9.97 Å². The number of hydrogen-bond donors (Lipinski definition) is 3. The number of thiophene rings is 1. The summed E-state index contributed by atoms with van der Waals surface area (Å²) < 4.78 is 0. The Bertz CT molecular complexity index is 1120. The second-order valence-electron chi connectivity index (χ2n) is 6.99. The fraction of sp³-hybridized carbons (Fsp3) is 0.182. The van der Waals surface area contributed by atoms with Crippen molar-refractivity contribution >= 4 is 28.1 Å². The second-order valence-corrected chi connectivity index (χ2v) is 7.77. The molecule has 1 aliphatic heterocycles. The Morgan fingerprint density at radius 2 is 2.00 bits per heavy atom. The van der Waals surface area contributed by atoms with Crippen LogP contribution >= 0.6 is 11.3 Å². The summed E-state index contributed by atoms with van der Waals surface area (Å²) in [5, 5.41) is 22.6. The van der Waals surface area contributed by atoms with E-state index in [9.17, 15) is 5.11 Å². The molecule has 0 radical (unpaired) electrons. The van der Waals surface area contributed by atoms with Crippen molar-refractivity contribution in [2.75, 3.05) is 18.4 Å². The topological polar surface area (TPSA) is 70.1 Å². The van der Waals surface area contributed by atoms with Crippen molar-refractivity contribution in [3.05, 3.63) is 59.3 Å².